The molecule has 1 heterocycles. The fourth-order valence-electron chi connectivity index (χ4n) is 3.59. The van der Waals surface area contributed by atoms with Crippen molar-refractivity contribution in [3.8, 4) is 11.4 Å². The topological polar surface area (TPSA) is 43.8 Å². The lowest BCUT2D eigenvalue weighted by Crippen LogP contribution is -2.13. The number of hydrogen-bond acceptors (Lipinski definition) is 2. The third-order valence-corrected chi connectivity index (χ3v) is 4.70. The molecule has 0 unspecified atom stereocenters. The SMILES string of the molecule is Nc1ccc(-c2nc3ccccc3n2C2CCCCC2)cc1. The Bertz CT molecular complexity index is 780. The highest BCUT2D eigenvalue weighted by Crippen LogP contribution is 2.35. The van der Waals surface area contributed by atoms with E-state index in [1.807, 2.05) is 12.1 Å². The standard InChI is InChI=1S/C19H21N3/c20-15-12-10-14(11-13-15)19-21-17-8-4-5-9-18(17)22(19)16-6-2-1-3-7-16/h4-5,8-13,16H,1-3,6-7,20H2. The van der Waals surface area contributed by atoms with Gasteiger partial charge in [0.1, 0.15) is 5.82 Å². The highest BCUT2D eigenvalue weighted by Gasteiger charge is 2.21. The molecule has 1 aliphatic rings. The van der Waals surface area contributed by atoms with Gasteiger partial charge in [-0.2, -0.15) is 0 Å². The van der Waals surface area contributed by atoms with Crippen LogP contribution in [-0.4, -0.2) is 9.55 Å². The monoisotopic (exact) mass is 291 g/mol. The molecule has 3 nitrogen and oxygen atoms in total. The van der Waals surface area contributed by atoms with Crippen LogP contribution in [0.5, 0.6) is 0 Å². The van der Waals surface area contributed by atoms with E-state index >= 15 is 0 Å². The molecule has 2 N–H and O–H groups in total. The molecule has 1 aliphatic carbocycles. The molecule has 0 spiro atoms. The summed E-state index contributed by atoms with van der Waals surface area (Å²) in [7, 11) is 0. The number of nitrogen functional groups attached to an aromatic ring is 1. The number of benzene rings is 2. The van der Waals surface area contributed by atoms with Gasteiger partial charge in [-0.3, -0.25) is 0 Å². The Morgan fingerprint density at radius 2 is 1.64 bits per heavy atom. The number of anilines is 1. The maximum Gasteiger partial charge on any atom is 0.141 e. The minimum absolute atomic E-state index is 0.564. The molecule has 0 radical (unpaired) electrons. The molecule has 1 saturated carbocycles. The van der Waals surface area contributed by atoms with E-state index < -0.39 is 0 Å². The minimum Gasteiger partial charge on any atom is -0.399 e. The number of para-hydroxylation sites is 2. The fourth-order valence-corrected chi connectivity index (χ4v) is 3.59. The van der Waals surface area contributed by atoms with Gasteiger partial charge in [0.05, 0.1) is 11.0 Å². The summed E-state index contributed by atoms with van der Waals surface area (Å²) in [5.74, 6) is 1.08. The molecule has 1 fully saturated rings. The lowest BCUT2D eigenvalue weighted by Gasteiger charge is -2.25. The second-order valence-corrected chi connectivity index (χ2v) is 6.21. The Labute approximate surface area is 130 Å². The van der Waals surface area contributed by atoms with Crippen molar-refractivity contribution in [2.24, 2.45) is 0 Å². The minimum atomic E-state index is 0.564. The Morgan fingerprint density at radius 3 is 2.41 bits per heavy atom. The summed E-state index contributed by atoms with van der Waals surface area (Å²) in [6.45, 7) is 0. The second kappa shape index (κ2) is 5.48. The lowest BCUT2D eigenvalue weighted by molar-refractivity contribution is 0.362. The van der Waals surface area contributed by atoms with E-state index in [9.17, 15) is 0 Å². The maximum atomic E-state index is 5.83. The van der Waals surface area contributed by atoms with Gasteiger partial charge in [-0.1, -0.05) is 31.4 Å². The van der Waals surface area contributed by atoms with Crippen LogP contribution in [-0.2, 0) is 0 Å². The highest BCUT2D eigenvalue weighted by atomic mass is 15.1. The van der Waals surface area contributed by atoms with Crippen molar-refractivity contribution < 1.29 is 0 Å². The van der Waals surface area contributed by atoms with Gasteiger partial charge in [-0.25, -0.2) is 4.98 Å². The van der Waals surface area contributed by atoms with Crippen LogP contribution in [0.1, 0.15) is 38.1 Å². The largest absolute Gasteiger partial charge is 0.399 e. The maximum absolute atomic E-state index is 5.83. The first-order valence-electron chi connectivity index (χ1n) is 8.16. The van der Waals surface area contributed by atoms with Gasteiger partial charge < -0.3 is 10.3 Å². The first-order valence-corrected chi connectivity index (χ1v) is 8.16. The summed E-state index contributed by atoms with van der Waals surface area (Å²) in [6, 6.07) is 17.1. The molecule has 22 heavy (non-hydrogen) atoms. The van der Waals surface area contributed by atoms with Crippen LogP contribution in [0, 0.1) is 0 Å². The zero-order chi connectivity index (χ0) is 14.9. The molecule has 3 heteroatoms. The smallest absolute Gasteiger partial charge is 0.141 e. The summed E-state index contributed by atoms with van der Waals surface area (Å²) in [4.78, 5) is 4.91. The molecular formula is C19H21N3. The zero-order valence-electron chi connectivity index (χ0n) is 12.7. The number of nitrogens with two attached hydrogens (primary N) is 1. The van der Waals surface area contributed by atoms with Crippen LogP contribution < -0.4 is 5.73 Å². The van der Waals surface area contributed by atoms with E-state index in [1.165, 1.54) is 37.6 Å². The second-order valence-electron chi connectivity index (χ2n) is 6.21. The molecule has 1 aromatic heterocycles. The average molecular weight is 291 g/mol. The summed E-state index contributed by atoms with van der Waals surface area (Å²) in [5, 5.41) is 0. The van der Waals surface area contributed by atoms with Crippen LogP contribution >= 0.6 is 0 Å². The molecule has 0 bridgehead atoms. The van der Waals surface area contributed by atoms with Crippen LogP contribution in [0.15, 0.2) is 48.5 Å². The van der Waals surface area contributed by atoms with Gasteiger partial charge in [0.15, 0.2) is 0 Å². The Balaban J connectivity index is 1.90. The van der Waals surface area contributed by atoms with E-state index in [-0.39, 0.29) is 0 Å². The predicted molar refractivity (Wildman–Crippen MR) is 91.7 cm³/mol. The third-order valence-electron chi connectivity index (χ3n) is 4.70. The summed E-state index contributed by atoms with van der Waals surface area (Å²) < 4.78 is 2.46. The number of aromatic nitrogens is 2. The van der Waals surface area contributed by atoms with E-state index in [1.54, 1.807) is 0 Å². The van der Waals surface area contributed by atoms with Crippen LogP contribution in [0.3, 0.4) is 0 Å². The van der Waals surface area contributed by atoms with Crippen LogP contribution in [0.4, 0.5) is 5.69 Å². The summed E-state index contributed by atoms with van der Waals surface area (Å²) >= 11 is 0. The number of hydrogen-bond donors (Lipinski definition) is 1. The molecule has 3 aromatic rings. The molecule has 4 rings (SSSR count). The fraction of sp³-hybridized carbons (Fsp3) is 0.316. The zero-order valence-corrected chi connectivity index (χ0v) is 12.7. The number of rotatable bonds is 2. The molecule has 0 amide bonds. The van der Waals surface area contributed by atoms with Crippen LogP contribution in [0.2, 0.25) is 0 Å². The molecule has 0 saturated heterocycles. The van der Waals surface area contributed by atoms with E-state index in [2.05, 4.69) is 41.0 Å². The number of imidazole rings is 1. The Hall–Kier alpha value is -2.29. The van der Waals surface area contributed by atoms with Crippen LogP contribution in [0.25, 0.3) is 22.4 Å². The third kappa shape index (κ3) is 2.27. The van der Waals surface area contributed by atoms with Crippen molar-refractivity contribution in [1.29, 1.82) is 0 Å². The summed E-state index contributed by atoms with van der Waals surface area (Å²) in [6.07, 6.45) is 6.50. The molecule has 0 aliphatic heterocycles. The lowest BCUT2D eigenvalue weighted by atomic mass is 9.95. The summed E-state index contributed by atoms with van der Waals surface area (Å²) in [5.41, 5.74) is 10.1. The van der Waals surface area contributed by atoms with Gasteiger partial charge in [-0.05, 0) is 49.2 Å². The van der Waals surface area contributed by atoms with Gasteiger partial charge in [0, 0.05) is 17.3 Å². The first kappa shape index (κ1) is 13.4. The quantitative estimate of drug-likeness (QED) is 0.690. The molecule has 2 aromatic carbocycles. The van der Waals surface area contributed by atoms with Gasteiger partial charge in [0.25, 0.3) is 0 Å². The predicted octanol–water partition coefficient (Wildman–Crippen LogP) is 4.79. The van der Waals surface area contributed by atoms with Crippen molar-refractivity contribution >= 4 is 16.7 Å². The normalized spacial score (nSPS) is 16.2. The highest BCUT2D eigenvalue weighted by molar-refractivity contribution is 5.81. The van der Waals surface area contributed by atoms with Crippen molar-refractivity contribution in [1.82, 2.24) is 9.55 Å². The molecule has 112 valence electrons. The van der Waals surface area contributed by atoms with Crippen molar-refractivity contribution in [2.75, 3.05) is 5.73 Å². The van der Waals surface area contributed by atoms with Crippen molar-refractivity contribution in [2.45, 2.75) is 38.1 Å². The van der Waals surface area contributed by atoms with Crippen molar-refractivity contribution in [3.05, 3.63) is 48.5 Å². The molecule has 0 atom stereocenters. The van der Waals surface area contributed by atoms with Gasteiger partial charge in [-0.15, -0.1) is 0 Å². The van der Waals surface area contributed by atoms with Gasteiger partial charge >= 0.3 is 0 Å². The van der Waals surface area contributed by atoms with Gasteiger partial charge in [0.2, 0.25) is 0 Å². The number of fused-ring (bicyclic) bond motifs is 1. The van der Waals surface area contributed by atoms with Crippen molar-refractivity contribution in [3.63, 3.8) is 0 Å². The number of nitrogens with zero attached hydrogens (tertiary/aromatic N) is 2. The van der Waals surface area contributed by atoms with E-state index in [0.29, 0.717) is 6.04 Å². The van der Waals surface area contributed by atoms with E-state index in [4.69, 9.17) is 10.7 Å². The first-order chi connectivity index (χ1) is 10.8. The Morgan fingerprint density at radius 1 is 0.909 bits per heavy atom. The van der Waals surface area contributed by atoms with E-state index in [0.717, 1.165) is 22.6 Å². The Kier molecular flexibility index (Phi) is 3.34. The average Bonchev–Trinajstić information content (AvgIpc) is 2.96. The molecular weight excluding hydrogens is 270 g/mol.